The number of methoxy groups -OCH3 is 1. The number of likely N-dealkylation sites (tertiary alicyclic amines) is 1. The number of hydrogen-bond acceptors (Lipinski definition) is 3. The lowest BCUT2D eigenvalue weighted by Gasteiger charge is -2.26. The molecule has 1 fully saturated rings. The zero-order valence-corrected chi connectivity index (χ0v) is 9.87. The molecule has 1 saturated heterocycles. The Hall–Kier alpha value is -1.06. The van der Waals surface area contributed by atoms with Gasteiger partial charge in [0.2, 0.25) is 5.91 Å². The van der Waals surface area contributed by atoms with Crippen molar-refractivity contribution >= 4 is 11.9 Å². The smallest absolute Gasteiger partial charge is 0.325 e. The highest BCUT2D eigenvalue weighted by Gasteiger charge is 2.37. The number of carbonyl (C=O) groups excluding carboxylic acids is 2. The summed E-state index contributed by atoms with van der Waals surface area (Å²) in [5, 5.41) is 0. The van der Waals surface area contributed by atoms with Crippen molar-refractivity contribution in [2.75, 3.05) is 20.2 Å². The van der Waals surface area contributed by atoms with Gasteiger partial charge in [-0.3, -0.25) is 9.59 Å². The molecule has 4 heteroatoms. The third-order valence-corrected chi connectivity index (χ3v) is 2.99. The van der Waals surface area contributed by atoms with Crippen LogP contribution >= 0.6 is 0 Å². The molecule has 0 aliphatic carbocycles. The van der Waals surface area contributed by atoms with Crippen molar-refractivity contribution in [1.29, 1.82) is 0 Å². The van der Waals surface area contributed by atoms with Crippen molar-refractivity contribution in [1.82, 2.24) is 4.90 Å². The summed E-state index contributed by atoms with van der Waals surface area (Å²) in [5.41, 5.74) is 0.112. The fourth-order valence-corrected chi connectivity index (χ4v) is 1.73. The van der Waals surface area contributed by atoms with E-state index in [4.69, 9.17) is 0 Å². The van der Waals surface area contributed by atoms with Gasteiger partial charge in [-0.15, -0.1) is 0 Å². The average molecular weight is 213 g/mol. The van der Waals surface area contributed by atoms with Crippen LogP contribution in [0.2, 0.25) is 0 Å². The van der Waals surface area contributed by atoms with Gasteiger partial charge in [0.05, 0.1) is 7.11 Å². The van der Waals surface area contributed by atoms with Gasteiger partial charge < -0.3 is 9.64 Å². The number of ether oxygens (including phenoxy) is 1. The van der Waals surface area contributed by atoms with Crippen LogP contribution in [0.1, 0.15) is 27.2 Å². The Morgan fingerprint density at radius 1 is 1.53 bits per heavy atom. The van der Waals surface area contributed by atoms with Crippen LogP contribution in [0.15, 0.2) is 0 Å². The molecule has 86 valence electrons. The number of nitrogens with zero attached hydrogens (tertiary/aromatic N) is 1. The van der Waals surface area contributed by atoms with Gasteiger partial charge >= 0.3 is 5.97 Å². The summed E-state index contributed by atoms with van der Waals surface area (Å²) in [6, 6.07) is 0. The summed E-state index contributed by atoms with van der Waals surface area (Å²) in [6.07, 6.45) is 0.542. The van der Waals surface area contributed by atoms with Gasteiger partial charge in [0.15, 0.2) is 0 Å². The maximum atomic E-state index is 11.6. The molecule has 15 heavy (non-hydrogen) atoms. The largest absolute Gasteiger partial charge is 0.468 e. The highest BCUT2D eigenvalue weighted by Crippen LogP contribution is 2.33. The van der Waals surface area contributed by atoms with E-state index in [1.165, 1.54) is 7.11 Å². The van der Waals surface area contributed by atoms with Gasteiger partial charge in [0.25, 0.3) is 0 Å². The summed E-state index contributed by atoms with van der Waals surface area (Å²) in [5.74, 6) is 0.0351. The minimum absolute atomic E-state index is 0.0559. The summed E-state index contributed by atoms with van der Waals surface area (Å²) in [6.45, 7) is 7.10. The molecule has 0 N–H and O–H groups in total. The fourth-order valence-electron chi connectivity index (χ4n) is 1.73. The minimum Gasteiger partial charge on any atom is -0.468 e. The summed E-state index contributed by atoms with van der Waals surface area (Å²) in [7, 11) is 1.34. The molecule has 0 aromatic rings. The van der Waals surface area contributed by atoms with Gasteiger partial charge in [-0.25, -0.2) is 0 Å². The lowest BCUT2D eigenvalue weighted by Crippen LogP contribution is -2.33. The van der Waals surface area contributed by atoms with Gasteiger partial charge in [-0.2, -0.15) is 0 Å². The summed E-state index contributed by atoms with van der Waals surface area (Å²) in [4.78, 5) is 24.2. The minimum atomic E-state index is -0.349. The van der Waals surface area contributed by atoms with E-state index in [1.54, 1.807) is 4.90 Å². The Bertz CT molecular complexity index is 267. The Morgan fingerprint density at radius 3 is 2.53 bits per heavy atom. The predicted molar refractivity (Wildman–Crippen MR) is 56.2 cm³/mol. The molecule has 1 rings (SSSR count). The van der Waals surface area contributed by atoms with Crippen molar-refractivity contribution in [2.24, 2.45) is 11.3 Å². The number of esters is 1. The first kappa shape index (κ1) is 12.0. The first-order valence-electron chi connectivity index (χ1n) is 5.19. The lowest BCUT2D eigenvalue weighted by molar-refractivity contribution is -0.145. The van der Waals surface area contributed by atoms with Crippen LogP contribution < -0.4 is 0 Å². The quantitative estimate of drug-likeness (QED) is 0.644. The van der Waals surface area contributed by atoms with E-state index in [0.29, 0.717) is 18.9 Å². The molecule has 0 radical (unpaired) electrons. The van der Waals surface area contributed by atoms with Gasteiger partial charge in [0, 0.05) is 13.0 Å². The van der Waals surface area contributed by atoms with E-state index in [-0.39, 0.29) is 23.8 Å². The van der Waals surface area contributed by atoms with Gasteiger partial charge in [-0.05, 0) is 11.3 Å². The first-order valence-corrected chi connectivity index (χ1v) is 5.19. The molecule has 1 atom stereocenters. The summed E-state index contributed by atoms with van der Waals surface area (Å²) >= 11 is 0. The molecule has 1 heterocycles. The SMILES string of the molecule is COC(=O)CN1CC(C(C)(C)C)CC1=O. The standard InChI is InChI=1S/C11H19NO3/c1-11(2,3)8-5-9(13)12(6-8)7-10(14)15-4/h8H,5-7H2,1-4H3. The third kappa shape index (κ3) is 2.94. The topological polar surface area (TPSA) is 46.6 Å². The molecule has 1 unspecified atom stereocenters. The normalized spacial score (nSPS) is 22.0. The van der Waals surface area contributed by atoms with Crippen LogP contribution in [0.5, 0.6) is 0 Å². The van der Waals surface area contributed by atoms with Crippen molar-refractivity contribution < 1.29 is 14.3 Å². The van der Waals surface area contributed by atoms with Gasteiger partial charge in [0.1, 0.15) is 6.54 Å². The molecule has 0 spiro atoms. The maximum Gasteiger partial charge on any atom is 0.325 e. The highest BCUT2D eigenvalue weighted by molar-refractivity contribution is 5.83. The van der Waals surface area contributed by atoms with E-state index < -0.39 is 0 Å². The molecule has 1 aliphatic rings. The lowest BCUT2D eigenvalue weighted by atomic mass is 9.80. The molecule has 0 aromatic carbocycles. The van der Waals surface area contributed by atoms with E-state index >= 15 is 0 Å². The fraction of sp³-hybridized carbons (Fsp3) is 0.818. The average Bonchev–Trinajstić information content (AvgIpc) is 2.47. The summed E-state index contributed by atoms with van der Waals surface area (Å²) < 4.78 is 4.55. The Labute approximate surface area is 90.6 Å². The Kier molecular flexibility index (Phi) is 3.37. The molecule has 1 aliphatic heterocycles. The molecular weight excluding hydrogens is 194 g/mol. The number of rotatable bonds is 2. The predicted octanol–water partition coefficient (Wildman–Crippen LogP) is 1.05. The second kappa shape index (κ2) is 4.21. The van der Waals surface area contributed by atoms with E-state index in [2.05, 4.69) is 25.5 Å². The zero-order valence-electron chi connectivity index (χ0n) is 9.87. The maximum absolute atomic E-state index is 11.6. The van der Waals surface area contributed by atoms with Crippen LogP contribution in [-0.2, 0) is 14.3 Å². The third-order valence-electron chi connectivity index (χ3n) is 2.99. The van der Waals surface area contributed by atoms with E-state index in [9.17, 15) is 9.59 Å². The van der Waals surface area contributed by atoms with Crippen molar-refractivity contribution in [2.45, 2.75) is 27.2 Å². The Morgan fingerprint density at radius 2 is 2.13 bits per heavy atom. The van der Waals surface area contributed by atoms with Crippen LogP contribution in [0, 0.1) is 11.3 Å². The molecular formula is C11H19NO3. The highest BCUT2D eigenvalue weighted by atomic mass is 16.5. The van der Waals surface area contributed by atoms with Crippen molar-refractivity contribution in [3.8, 4) is 0 Å². The van der Waals surface area contributed by atoms with Gasteiger partial charge in [-0.1, -0.05) is 20.8 Å². The molecule has 0 saturated carbocycles. The van der Waals surface area contributed by atoms with E-state index in [0.717, 1.165) is 0 Å². The zero-order chi connectivity index (χ0) is 11.6. The second-order valence-corrected chi connectivity index (χ2v) is 5.12. The monoisotopic (exact) mass is 213 g/mol. The van der Waals surface area contributed by atoms with Crippen molar-refractivity contribution in [3.05, 3.63) is 0 Å². The number of carbonyl (C=O) groups is 2. The molecule has 4 nitrogen and oxygen atoms in total. The molecule has 1 amide bonds. The van der Waals surface area contributed by atoms with E-state index in [1.807, 2.05) is 0 Å². The Balaban J connectivity index is 2.57. The van der Waals surface area contributed by atoms with Crippen LogP contribution in [0.3, 0.4) is 0 Å². The number of hydrogen-bond donors (Lipinski definition) is 0. The number of amides is 1. The van der Waals surface area contributed by atoms with Crippen LogP contribution in [-0.4, -0.2) is 37.0 Å². The molecule has 0 aromatic heterocycles. The first-order chi connectivity index (χ1) is 6.84. The van der Waals surface area contributed by atoms with Crippen LogP contribution in [0.4, 0.5) is 0 Å². The second-order valence-electron chi connectivity index (χ2n) is 5.12. The molecule has 0 bridgehead atoms. The van der Waals surface area contributed by atoms with Crippen LogP contribution in [0.25, 0.3) is 0 Å². The van der Waals surface area contributed by atoms with Crippen molar-refractivity contribution in [3.63, 3.8) is 0 Å².